The van der Waals surface area contributed by atoms with Gasteiger partial charge in [-0.1, -0.05) is 0 Å². The fourth-order valence-corrected chi connectivity index (χ4v) is 4.08. The van der Waals surface area contributed by atoms with Crippen LogP contribution in [-0.4, -0.2) is 29.1 Å². The molecule has 5 heteroatoms. The zero-order chi connectivity index (χ0) is 12.4. The minimum absolute atomic E-state index is 0.191. The maximum Gasteiger partial charge on any atom is 0.307 e. The smallest absolute Gasteiger partial charge is 0.307 e. The molecule has 2 rings (SSSR count). The molecule has 2 heterocycles. The molecule has 3 nitrogen and oxygen atoms in total. The standard InChI is InChI=1S/C12H16BrNO2S/c1-8-5-10(13)11(17-8)7-14-4-2-3-9(6-14)12(15)16/h5,9H,2-4,6-7H2,1H3,(H,15,16). The summed E-state index contributed by atoms with van der Waals surface area (Å²) in [5, 5.41) is 9.05. The van der Waals surface area contributed by atoms with E-state index in [1.54, 1.807) is 11.3 Å². The molecule has 0 bridgehead atoms. The van der Waals surface area contributed by atoms with E-state index in [9.17, 15) is 4.79 Å². The van der Waals surface area contributed by atoms with Crippen LogP contribution >= 0.6 is 27.3 Å². The Labute approximate surface area is 114 Å². The molecule has 17 heavy (non-hydrogen) atoms. The third-order valence-corrected chi connectivity index (χ3v) is 5.11. The molecule has 0 saturated carbocycles. The van der Waals surface area contributed by atoms with Crippen LogP contribution in [0.4, 0.5) is 0 Å². The molecular formula is C12H16BrNO2S. The van der Waals surface area contributed by atoms with Gasteiger partial charge >= 0.3 is 5.97 Å². The van der Waals surface area contributed by atoms with Gasteiger partial charge in [-0.3, -0.25) is 9.69 Å². The molecule has 94 valence electrons. The van der Waals surface area contributed by atoms with Gasteiger partial charge in [0, 0.05) is 27.3 Å². The van der Waals surface area contributed by atoms with Crippen molar-refractivity contribution in [2.75, 3.05) is 13.1 Å². The first kappa shape index (κ1) is 13.1. The van der Waals surface area contributed by atoms with E-state index in [4.69, 9.17) is 5.11 Å². The summed E-state index contributed by atoms with van der Waals surface area (Å²) < 4.78 is 1.15. The van der Waals surface area contributed by atoms with E-state index in [0.717, 1.165) is 30.4 Å². The third kappa shape index (κ3) is 3.30. The summed E-state index contributed by atoms with van der Waals surface area (Å²) in [6, 6.07) is 2.12. The Bertz CT molecular complexity index is 419. The Morgan fingerprint density at radius 1 is 1.71 bits per heavy atom. The molecule has 1 fully saturated rings. The Morgan fingerprint density at radius 2 is 2.47 bits per heavy atom. The molecule has 1 saturated heterocycles. The van der Waals surface area contributed by atoms with E-state index in [0.29, 0.717) is 6.54 Å². The second kappa shape index (κ2) is 5.50. The van der Waals surface area contributed by atoms with Crippen molar-refractivity contribution in [2.24, 2.45) is 5.92 Å². The third-order valence-electron chi connectivity index (χ3n) is 3.10. The highest BCUT2D eigenvalue weighted by molar-refractivity contribution is 9.10. The second-order valence-electron chi connectivity index (χ2n) is 4.54. The molecule has 0 aliphatic carbocycles. The molecule has 0 spiro atoms. The number of rotatable bonds is 3. The summed E-state index contributed by atoms with van der Waals surface area (Å²) in [4.78, 5) is 15.8. The molecule has 1 aromatic rings. The van der Waals surface area contributed by atoms with Gasteiger partial charge in [0.2, 0.25) is 0 Å². The lowest BCUT2D eigenvalue weighted by Crippen LogP contribution is -2.38. The Kier molecular flexibility index (Phi) is 4.22. The van der Waals surface area contributed by atoms with E-state index in [-0.39, 0.29) is 5.92 Å². The number of halogens is 1. The van der Waals surface area contributed by atoms with Crippen LogP contribution in [0.15, 0.2) is 10.5 Å². The fourth-order valence-electron chi connectivity index (χ4n) is 2.24. The van der Waals surface area contributed by atoms with Crippen LogP contribution in [0, 0.1) is 12.8 Å². The summed E-state index contributed by atoms with van der Waals surface area (Å²) in [5.41, 5.74) is 0. The number of likely N-dealkylation sites (tertiary alicyclic amines) is 1. The number of thiophene rings is 1. The highest BCUT2D eigenvalue weighted by Crippen LogP contribution is 2.29. The van der Waals surface area contributed by atoms with Crippen molar-refractivity contribution < 1.29 is 9.90 Å². The first-order valence-electron chi connectivity index (χ1n) is 5.76. The monoisotopic (exact) mass is 317 g/mol. The normalized spacial score (nSPS) is 21.6. The topological polar surface area (TPSA) is 40.5 Å². The van der Waals surface area contributed by atoms with Crippen LogP contribution in [0.3, 0.4) is 0 Å². The number of piperidine rings is 1. The van der Waals surface area contributed by atoms with Crippen molar-refractivity contribution in [3.8, 4) is 0 Å². The van der Waals surface area contributed by atoms with Crippen molar-refractivity contribution in [3.05, 3.63) is 20.3 Å². The van der Waals surface area contributed by atoms with Crippen LogP contribution in [0.5, 0.6) is 0 Å². The van der Waals surface area contributed by atoms with Gasteiger partial charge in [-0.2, -0.15) is 0 Å². The minimum atomic E-state index is -0.656. The van der Waals surface area contributed by atoms with Crippen molar-refractivity contribution in [1.29, 1.82) is 0 Å². The highest BCUT2D eigenvalue weighted by atomic mass is 79.9. The maximum absolute atomic E-state index is 11.0. The molecular weight excluding hydrogens is 302 g/mol. The molecule has 1 aliphatic heterocycles. The van der Waals surface area contributed by atoms with Crippen LogP contribution in [0.25, 0.3) is 0 Å². The van der Waals surface area contributed by atoms with Crippen LogP contribution in [0.1, 0.15) is 22.6 Å². The molecule has 1 atom stereocenters. The fraction of sp³-hybridized carbons (Fsp3) is 0.583. The zero-order valence-electron chi connectivity index (χ0n) is 9.78. The van der Waals surface area contributed by atoms with Gasteiger partial charge in [-0.25, -0.2) is 0 Å². The average molecular weight is 318 g/mol. The number of hydrogen-bond acceptors (Lipinski definition) is 3. The summed E-state index contributed by atoms with van der Waals surface area (Å²) >= 11 is 5.34. The first-order valence-corrected chi connectivity index (χ1v) is 7.37. The lowest BCUT2D eigenvalue weighted by Gasteiger charge is -2.30. The Balaban J connectivity index is 1.99. The lowest BCUT2D eigenvalue weighted by molar-refractivity contribution is -0.143. The SMILES string of the molecule is Cc1cc(Br)c(CN2CCCC(C(=O)O)C2)s1. The average Bonchev–Trinajstić information content (AvgIpc) is 2.58. The summed E-state index contributed by atoms with van der Waals surface area (Å²) in [6.07, 6.45) is 1.80. The van der Waals surface area contributed by atoms with Crippen molar-refractivity contribution in [3.63, 3.8) is 0 Å². The summed E-state index contributed by atoms with van der Waals surface area (Å²) in [6.45, 7) is 4.64. The Morgan fingerprint density at radius 3 is 3.06 bits per heavy atom. The van der Waals surface area contributed by atoms with E-state index in [1.165, 1.54) is 9.75 Å². The molecule has 1 N–H and O–H groups in total. The number of hydrogen-bond donors (Lipinski definition) is 1. The number of aliphatic carboxylic acids is 1. The molecule has 0 amide bonds. The number of aryl methyl sites for hydroxylation is 1. The number of carbonyl (C=O) groups is 1. The van der Waals surface area contributed by atoms with E-state index in [2.05, 4.69) is 33.8 Å². The maximum atomic E-state index is 11.0. The number of nitrogens with zero attached hydrogens (tertiary/aromatic N) is 1. The molecule has 1 unspecified atom stereocenters. The van der Waals surface area contributed by atoms with E-state index < -0.39 is 5.97 Å². The lowest BCUT2D eigenvalue weighted by atomic mass is 9.98. The molecule has 1 aliphatic rings. The van der Waals surface area contributed by atoms with Crippen LogP contribution < -0.4 is 0 Å². The largest absolute Gasteiger partial charge is 0.481 e. The van der Waals surface area contributed by atoms with Gasteiger partial charge in [-0.15, -0.1) is 11.3 Å². The van der Waals surface area contributed by atoms with Gasteiger partial charge in [0.15, 0.2) is 0 Å². The van der Waals surface area contributed by atoms with Crippen molar-refractivity contribution in [1.82, 2.24) is 4.90 Å². The zero-order valence-corrected chi connectivity index (χ0v) is 12.2. The van der Waals surface area contributed by atoms with Crippen LogP contribution in [0.2, 0.25) is 0 Å². The predicted octanol–water partition coefficient (Wildman–Crippen LogP) is 3.12. The molecule has 0 radical (unpaired) electrons. The van der Waals surface area contributed by atoms with Gasteiger partial charge in [0.25, 0.3) is 0 Å². The number of carboxylic acid groups (broad SMARTS) is 1. The van der Waals surface area contributed by atoms with E-state index in [1.807, 2.05) is 0 Å². The van der Waals surface area contributed by atoms with Crippen molar-refractivity contribution >= 4 is 33.2 Å². The molecule has 0 aromatic carbocycles. The Hall–Kier alpha value is -0.390. The number of carboxylic acids is 1. The molecule has 1 aromatic heterocycles. The van der Waals surface area contributed by atoms with Crippen LogP contribution in [-0.2, 0) is 11.3 Å². The predicted molar refractivity (Wildman–Crippen MR) is 72.4 cm³/mol. The summed E-state index contributed by atoms with van der Waals surface area (Å²) in [7, 11) is 0. The van der Waals surface area contributed by atoms with Crippen molar-refractivity contribution in [2.45, 2.75) is 26.3 Å². The van der Waals surface area contributed by atoms with E-state index >= 15 is 0 Å². The van der Waals surface area contributed by atoms with Gasteiger partial charge in [-0.05, 0) is 48.3 Å². The highest BCUT2D eigenvalue weighted by Gasteiger charge is 2.25. The minimum Gasteiger partial charge on any atom is -0.481 e. The first-order chi connectivity index (χ1) is 8.06. The second-order valence-corrected chi connectivity index (χ2v) is 6.74. The van der Waals surface area contributed by atoms with Gasteiger partial charge < -0.3 is 5.11 Å². The van der Waals surface area contributed by atoms with Gasteiger partial charge in [0.05, 0.1) is 5.92 Å². The van der Waals surface area contributed by atoms with Gasteiger partial charge in [0.1, 0.15) is 0 Å². The summed E-state index contributed by atoms with van der Waals surface area (Å²) in [5.74, 6) is -0.847. The quantitative estimate of drug-likeness (QED) is 0.931.